The summed E-state index contributed by atoms with van der Waals surface area (Å²) in [7, 11) is 0. The van der Waals surface area contributed by atoms with Crippen LogP contribution in [0.3, 0.4) is 0 Å². The van der Waals surface area contributed by atoms with E-state index in [0.29, 0.717) is 28.5 Å². The predicted molar refractivity (Wildman–Crippen MR) is 499 cm³/mol. The number of guanidine groups is 2. The summed E-state index contributed by atoms with van der Waals surface area (Å²) in [4.78, 5) is 236. The highest BCUT2D eigenvalue weighted by Crippen LogP contribution is 2.22. The van der Waals surface area contributed by atoms with Crippen molar-refractivity contribution in [2.75, 3.05) is 32.7 Å². The molecule has 14 amide bonds. The van der Waals surface area contributed by atoms with Crippen LogP contribution in [-0.4, -0.2) is 238 Å². The second kappa shape index (κ2) is 63.5. The molecule has 0 spiro atoms. The number of carboxylic acid groups (broad SMARTS) is 3. The number of hydrogen-bond donors (Lipinski definition) is 25. The van der Waals surface area contributed by atoms with E-state index in [2.05, 4.69) is 97.0 Å². The van der Waals surface area contributed by atoms with Gasteiger partial charge in [0, 0.05) is 68.8 Å². The Hall–Kier alpha value is -12.5. The van der Waals surface area contributed by atoms with Gasteiger partial charge in [-0.05, 0) is 119 Å². The lowest BCUT2D eigenvalue weighted by molar-refractivity contribution is -0.139. The summed E-state index contributed by atoms with van der Waals surface area (Å²) < 4.78 is 0. The van der Waals surface area contributed by atoms with Crippen LogP contribution in [0.4, 0.5) is 0 Å². The number of carbonyl (C=O) groups is 17. The van der Waals surface area contributed by atoms with Gasteiger partial charge >= 0.3 is 17.9 Å². The molecular weight excluding hydrogens is 1720 g/mol. The first-order chi connectivity index (χ1) is 63.1. The number of amides is 14. The summed E-state index contributed by atoms with van der Waals surface area (Å²) in [6.45, 7) is 13.6. The highest BCUT2D eigenvalue weighted by Gasteiger charge is 2.38. The Balaban J connectivity index is 1.88. The van der Waals surface area contributed by atoms with Crippen LogP contribution in [0.25, 0.3) is 10.9 Å². The number of nitrogens with one attached hydrogen (secondary N) is 19. The molecule has 42 heteroatoms. The first-order valence-electron chi connectivity index (χ1n) is 46.5. The summed E-state index contributed by atoms with van der Waals surface area (Å²) in [6, 6.07) is -1.43. The zero-order chi connectivity index (χ0) is 99.1. The van der Waals surface area contributed by atoms with E-state index in [0.717, 1.165) is 25.7 Å². The van der Waals surface area contributed by atoms with E-state index in [4.69, 9.17) is 33.1 Å². The highest BCUT2D eigenvalue weighted by atomic mass is 16.4. The number of hydrogen-bond acceptors (Lipinski definition) is 20. The van der Waals surface area contributed by atoms with Gasteiger partial charge in [-0.25, -0.2) is 0 Å². The molecule has 0 fully saturated rings. The number of carbonyl (C=O) groups excluding carboxylic acids is 14. The lowest BCUT2D eigenvalue weighted by Crippen LogP contribution is -2.61. The predicted octanol–water partition coefficient (Wildman–Crippen LogP) is 1.74. The molecule has 42 nitrogen and oxygen atoms in total. The van der Waals surface area contributed by atoms with Crippen LogP contribution >= 0.6 is 0 Å². The highest BCUT2D eigenvalue weighted by molar-refractivity contribution is 6.00. The Bertz CT molecular complexity index is 4260. The molecule has 28 N–H and O–H groups in total. The number of nitrogens with two attached hydrogens (primary N) is 3. The molecule has 1 heterocycles. The van der Waals surface area contributed by atoms with Crippen LogP contribution in [0.15, 0.2) is 60.8 Å². The van der Waals surface area contributed by atoms with Gasteiger partial charge in [-0.3, -0.25) is 92.3 Å². The fourth-order valence-corrected chi connectivity index (χ4v) is 14.4. The molecular formula is C91H148N22O20. The Morgan fingerprint density at radius 3 is 1.33 bits per heavy atom. The molecule has 133 heavy (non-hydrogen) atoms. The molecule has 0 aliphatic carbocycles. The number of unbranched alkanes of at least 4 members (excludes halogenated alkanes) is 13. The maximum Gasteiger partial charge on any atom is 0.322 e. The maximum absolute atomic E-state index is 15.0. The molecule has 0 unspecified atom stereocenters. The Labute approximate surface area is 778 Å². The Morgan fingerprint density at radius 1 is 0.368 bits per heavy atom. The molecule has 0 saturated heterocycles. The summed E-state index contributed by atoms with van der Waals surface area (Å²) in [5.41, 5.74) is 18.5. The molecule has 0 aliphatic heterocycles. The van der Waals surface area contributed by atoms with Gasteiger partial charge in [-0.15, -0.1) is 0 Å². The van der Waals surface area contributed by atoms with Crippen molar-refractivity contribution in [3.63, 3.8) is 0 Å². The molecule has 0 aliphatic rings. The molecule has 0 saturated carbocycles. The fourth-order valence-electron chi connectivity index (χ4n) is 14.4. The van der Waals surface area contributed by atoms with E-state index in [1.165, 1.54) is 65.2 Å². The zero-order valence-electron chi connectivity index (χ0n) is 78.5. The van der Waals surface area contributed by atoms with E-state index in [-0.39, 0.29) is 121 Å². The van der Waals surface area contributed by atoms with Crippen molar-refractivity contribution >= 4 is 123 Å². The number of carboxylic acids is 3. The molecule has 13 atom stereocenters. The molecule has 1 aromatic heterocycles. The number of para-hydroxylation sites is 1. The van der Waals surface area contributed by atoms with E-state index in [9.17, 15) is 86.9 Å². The monoisotopic (exact) mass is 1870 g/mol. The molecule has 0 radical (unpaired) electrons. The van der Waals surface area contributed by atoms with Gasteiger partial charge in [0.05, 0.1) is 12.6 Å². The summed E-state index contributed by atoms with van der Waals surface area (Å²) >= 11 is 0. The molecule has 0 bridgehead atoms. The Morgan fingerprint density at radius 2 is 0.789 bits per heavy atom. The maximum atomic E-state index is 15.0. The number of H-pyrrole nitrogens is 1. The van der Waals surface area contributed by atoms with Crippen LogP contribution in [0.2, 0.25) is 0 Å². The Kier molecular flexibility index (Phi) is 54.8. The molecule has 3 aromatic rings. The molecule has 3 rings (SSSR count). The SMILES string of the molecule is CCCCCCCCCCCCCCCC(=O)N[C@@H](CCC(=O)O)C(=O)NCCCC[C@H](NC(=O)[C@H](C)N)C(=O)N[C@@H](CCC(=O)O)C(=O)N[C@@H](Cc1ccccc1)C(=O)N[C@H](C(=O)N[C@@H](C)C(=O)N[C@@H](Cc1c[nH]c2ccccc12)C(=O)N[C@@H](CC(C)C)C(=O)N[C@H](C(=O)N[C@@H](CCCNC(=N)N)C(=O)NCC(=O)N[C@@H](CCCNC(=N)N)C(=O)NCC(=O)O)C(C)C)[C@@H](C)CC. The van der Waals surface area contributed by atoms with Crippen LogP contribution in [0.5, 0.6) is 0 Å². The van der Waals surface area contributed by atoms with E-state index in [1.54, 1.807) is 102 Å². The average molecular weight is 1870 g/mol. The van der Waals surface area contributed by atoms with Crippen LogP contribution in [0, 0.1) is 28.6 Å². The first-order valence-corrected chi connectivity index (χ1v) is 46.5. The number of benzene rings is 2. The van der Waals surface area contributed by atoms with Gasteiger partial charge in [0.15, 0.2) is 11.9 Å². The van der Waals surface area contributed by atoms with Crippen molar-refractivity contribution in [2.24, 2.45) is 35.0 Å². The van der Waals surface area contributed by atoms with Crippen molar-refractivity contribution in [1.29, 1.82) is 10.8 Å². The summed E-state index contributed by atoms with van der Waals surface area (Å²) in [5, 5.41) is 85.8. The van der Waals surface area contributed by atoms with Gasteiger partial charge in [-0.2, -0.15) is 0 Å². The number of aliphatic carboxylic acids is 3. The smallest absolute Gasteiger partial charge is 0.322 e. The van der Waals surface area contributed by atoms with Crippen molar-refractivity contribution in [3.8, 4) is 0 Å². The van der Waals surface area contributed by atoms with Crippen LogP contribution in [-0.2, 0) is 94.3 Å². The number of aromatic nitrogens is 1. The normalized spacial score (nSPS) is 14.1. The van der Waals surface area contributed by atoms with Gasteiger partial charge in [0.2, 0.25) is 82.7 Å². The molecule has 742 valence electrons. The van der Waals surface area contributed by atoms with Gasteiger partial charge in [0.25, 0.3) is 0 Å². The fraction of sp³-hybridized carbons (Fsp3) is 0.637. The minimum Gasteiger partial charge on any atom is -0.481 e. The van der Waals surface area contributed by atoms with Crippen molar-refractivity contribution in [1.82, 2.24) is 90.1 Å². The van der Waals surface area contributed by atoms with Crippen molar-refractivity contribution in [3.05, 3.63) is 71.9 Å². The lowest BCUT2D eigenvalue weighted by Gasteiger charge is -2.30. The second-order valence-corrected chi connectivity index (χ2v) is 34.6. The number of rotatable bonds is 69. The number of aromatic amines is 1. The quantitative estimate of drug-likeness (QED) is 0.0217. The topological polar surface area (TPSA) is 685 Å². The summed E-state index contributed by atoms with van der Waals surface area (Å²) in [6.07, 6.45) is 14.6. The third-order valence-electron chi connectivity index (χ3n) is 22.2. The first kappa shape index (κ1) is 115. The average Bonchev–Trinajstić information content (AvgIpc) is 1.67. The van der Waals surface area contributed by atoms with Gasteiger partial charge < -0.3 is 123 Å². The third-order valence-corrected chi connectivity index (χ3v) is 22.2. The standard InChI is InChI=1S/C91H148N22O20/c1-10-12-13-14-15-16-17-18-19-20-21-22-26-40-71(114)104-66(41-43-73(116)117)80(124)97-45-30-29-37-65(106-78(122)57(8)92)83(127)107-67(42-44-74(118)119)84(128)111-69(49-59-33-24-23-25-34-59)87(131)113-77(56(7)11-2)89(133)103-58(9)79(123)109-70(50-60-51-100-62-36-28-27-35-61(60)62)85(129)110-68(48-54(3)4)86(130)112-76(55(5)6)88(132)108-64(39-32-47-99-91(95)96)82(126)101-52-72(115)105-63(38-31-46-98-90(93)94)81(125)102-53-75(120)121/h23-25,27-28,33-36,51,54-58,63-70,76-77,100H,10-22,26,29-32,37-50,52-53,92H2,1-9H3,(H,97,124)(H,101,126)(H,102,125)(H,103,133)(H,104,114)(H,105,115)(H,106,122)(H,107,127)(H,108,132)(H,109,123)(H,110,129)(H,111,128)(H,112,130)(H,113,131)(H,116,117)(H,118,119)(H,120,121)(H4,93,94,98)(H4,95,96,99)/t56-,57-,58-,63-,64-,65-,66-,67-,68-,69-,70-,76-,77-/m0/s1. The van der Waals surface area contributed by atoms with Gasteiger partial charge in [-0.1, -0.05) is 180 Å². The van der Waals surface area contributed by atoms with E-state index >= 15 is 4.79 Å². The van der Waals surface area contributed by atoms with Crippen LogP contribution < -0.4 is 102 Å². The number of fused-ring (bicyclic) bond motifs is 1. The second-order valence-electron chi connectivity index (χ2n) is 34.6. The van der Waals surface area contributed by atoms with E-state index in [1.807, 2.05) is 0 Å². The van der Waals surface area contributed by atoms with Crippen LogP contribution in [0.1, 0.15) is 247 Å². The third kappa shape index (κ3) is 47.4. The van der Waals surface area contributed by atoms with E-state index < -0.39 is 217 Å². The van der Waals surface area contributed by atoms with Crippen molar-refractivity contribution in [2.45, 2.75) is 321 Å². The zero-order valence-corrected chi connectivity index (χ0v) is 78.5. The molecule has 2 aromatic carbocycles. The van der Waals surface area contributed by atoms with Crippen molar-refractivity contribution < 1.29 is 96.8 Å². The minimum absolute atomic E-state index is 0.0104. The minimum atomic E-state index is -1.68. The lowest BCUT2D eigenvalue weighted by atomic mass is 9.96. The largest absolute Gasteiger partial charge is 0.481 e. The summed E-state index contributed by atoms with van der Waals surface area (Å²) in [5.74, 6) is -18.1. The van der Waals surface area contributed by atoms with Gasteiger partial charge in [0.1, 0.15) is 73.0 Å².